The number of nitrogens with one attached hydrogen (secondary N) is 1. The van der Waals surface area contributed by atoms with Crippen LogP contribution in [0.25, 0.3) is 22.9 Å². The molecule has 2 aliphatic rings. The fraction of sp³-hybridized carbons (Fsp3) is 0.0769. The molecule has 0 fully saturated rings. The molecular weight excluding hydrogens is 420 g/mol. The maximum atomic E-state index is 13.2. The molecule has 1 aliphatic carbocycles. The molecule has 1 aliphatic heterocycles. The van der Waals surface area contributed by atoms with Crippen molar-refractivity contribution < 1.29 is 13.2 Å². The minimum atomic E-state index is -3.45. The average Bonchev–Trinajstić information content (AvgIpc) is 3.14. The first kappa shape index (κ1) is 20.2. The number of pyridine rings is 1. The molecular formula is C26H20N2O3S. The molecule has 0 spiro atoms. The van der Waals surface area contributed by atoms with Gasteiger partial charge in [0.1, 0.15) is 0 Å². The van der Waals surface area contributed by atoms with Gasteiger partial charge in [-0.1, -0.05) is 54.6 Å². The average molecular weight is 441 g/mol. The summed E-state index contributed by atoms with van der Waals surface area (Å²) >= 11 is 0. The van der Waals surface area contributed by atoms with Crippen molar-refractivity contribution in [3.8, 4) is 11.3 Å². The van der Waals surface area contributed by atoms with E-state index in [9.17, 15) is 13.2 Å². The second-order valence-corrected chi connectivity index (χ2v) is 9.49. The van der Waals surface area contributed by atoms with Gasteiger partial charge in [0.25, 0.3) is 5.91 Å². The fourth-order valence-electron chi connectivity index (χ4n) is 3.81. The summed E-state index contributed by atoms with van der Waals surface area (Å²) < 4.78 is 24.3. The van der Waals surface area contributed by atoms with E-state index in [1.807, 2.05) is 36.4 Å². The predicted octanol–water partition coefficient (Wildman–Crippen LogP) is 5.49. The summed E-state index contributed by atoms with van der Waals surface area (Å²) in [6.45, 7) is 0. The van der Waals surface area contributed by atoms with E-state index in [4.69, 9.17) is 4.98 Å². The molecule has 1 amide bonds. The van der Waals surface area contributed by atoms with Crippen molar-refractivity contribution in [2.24, 2.45) is 0 Å². The molecule has 158 valence electrons. The Labute approximate surface area is 186 Å². The van der Waals surface area contributed by atoms with E-state index >= 15 is 0 Å². The predicted molar refractivity (Wildman–Crippen MR) is 127 cm³/mol. The van der Waals surface area contributed by atoms with Gasteiger partial charge in [-0.25, -0.2) is 13.4 Å². The first-order valence-corrected chi connectivity index (χ1v) is 11.9. The van der Waals surface area contributed by atoms with Gasteiger partial charge in [-0.2, -0.15) is 0 Å². The second-order valence-electron chi connectivity index (χ2n) is 7.69. The number of sulfone groups is 1. The Morgan fingerprint density at radius 3 is 2.50 bits per heavy atom. The molecule has 0 unspecified atom stereocenters. The number of anilines is 1. The maximum Gasteiger partial charge on any atom is 0.255 e. The molecule has 0 atom stereocenters. The number of aromatic nitrogens is 1. The summed E-state index contributed by atoms with van der Waals surface area (Å²) in [7, 11) is -3.45. The molecule has 1 aromatic heterocycles. The highest BCUT2D eigenvalue weighted by atomic mass is 32.2. The lowest BCUT2D eigenvalue weighted by Crippen LogP contribution is -2.13. The van der Waals surface area contributed by atoms with Crippen molar-refractivity contribution in [1.82, 2.24) is 4.98 Å². The van der Waals surface area contributed by atoms with E-state index in [2.05, 4.69) is 17.5 Å². The van der Waals surface area contributed by atoms with Gasteiger partial charge in [-0.05, 0) is 54.3 Å². The number of amides is 1. The lowest BCUT2D eigenvalue weighted by Gasteiger charge is -2.13. The van der Waals surface area contributed by atoms with Crippen LogP contribution in [-0.2, 0) is 9.84 Å². The molecule has 5 nitrogen and oxygen atoms in total. The highest BCUT2D eigenvalue weighted by Crippen LogP contribution is 2.30. The minimum Gasteiger partial charge on any atom is -0.322 e. The first-order chi connectivity index (χ1) is 15.5. The monoisotopic (exact) mass is 440 g/mol. The molecule has 32 heavy (non-hydrogen) atoms. The van der Waals surface area contributed by atoms with E-state index in [1.165, 1.54) is 11.5 Å². The molecule has 2 aromatic carbocycles. The van der Waals surface area contributed by atoms with E-state index in [-0.39, 0.29) is 10.8 Å². The zero-order chi connectivity index (χ0) is 22.1. The number of benzene rings is 2. The number of fused-ring (bicyclic) bond motifs is 1. The fourth-order valence-corrected chi connectivity index (χ4v) is 5.03. The lowest BCUT2D eigenvalue weighted by atomic mass is 10.0. The van der Waals surface area contributed by atoms with Gasteiger partial charge >= 0.3 is 0 Å². The maximum absolute atomic E-state index is 13.2. The molecule has 0 radical (unpaired) electrons. The van der Waals surface area contributed by atoms with Crippen LogP contribution in [0, 0.1) is 0 Å². The lowest BCUT2D eigenvalue weighted by molar-refractivity contribution is 0.102. The highest BCUT2D eigenvalue weighted by Gasteiger charge is 2.21. The van der Waals surface area contributed by atoms with Crippen molar-refractivity contribution in [3.63, 3.8) is 0 Å². The van der Waals surface area contributed by atoms with Crippen molar-refractivity contribution in [1.29, 1.82) is 0 Å². The molecule has 5 rings (SSSR count). The molecule has 3 aromatic rings. The number of allylic oxidation sites excluding steroid dienone is 4. The number of rotatable bonds is 4. The van der Waals surface area contributed by atoms with Gasteiger partial charge in [0.15, 0.2) is 0 Å². The Morgan fingerprint density at radius 1 is 0.906 bits per heavy atom. The van der Waals surface area contributed by atoms with Gasteiger partial charge in [0.2, 0.25) is 9.84 Å². The Morgan fingerprint density at radius 2 is 1.72 bits per heavy atom. The van der Waals surface area contributed by atoms with Crippen LogP contribution in [0.3, 0.4) is 0 Å². The summed E-state index contributed by atoms with van der Waals surface area (Å²) in [6.07, 6.45) is 9.74. The topological polar surface area (TPSA) is 76.1 Å². The van der Waals surface area contributed by atoms with Crippen LogP contribution < -0.4 is 5.32 Å². The van der Waals surface area contributed by atoms with Crippen molar-refractivity contribution in [2.45, 2.75) is 17.7 Å². The second kappa shape index (κ2) is 8.05. The number of carbonyl (C=O) groups is 1. The van der Waals surface area contributed by atoms with Crippen LogP contribution in [-0.4, -0.2) is 19.3 Å². The van der Waals surface area contributed by atoms with E-state index < -0.39 is 9.84 Å². The van der Waals surface area contributed by atoms with Crippen molar-refractivity contribution in [2.75, 3.05) is 5.32 Å². The first-order valence-electron chi connectivity index (χ1n) is 10.3. The number of hydrogen-bond donors (Lipinski definition) is 1. The third-order valence-corrected chi connectivity index (χ3v) is 6.91. The van der Waals surface area contributed by atoms with E-state index in [1.54, 1.807) is 30.3 Å². The molecule has 0 saturated carbocycles. The van der Waals surface area contributed by atoms with E-state index in [0.717, 1.165) is 29.7 Å². The molecule has 0 bridgehead atoms. The normalized spacial score (nSPS) is 15.8. The minimum absolute atomic E-state index is 0.202. The Kier molecular flexibility index (Phi) is 5.07. The van der Waals surface area contributed by atoms with Crippen molar-refractivity contribution in [3.05, 3.63) is 101 Å². The van der Waals surface area contributed by atoms with Crippen LogP contribution in [0.15, 0.2) is 89.2 Å². The summed E-state index contributed by atoms with van der Waals surface area (Å²) in [5, 5.41) is 4.01. The molecule has 2 heterocycles. The van der Waals surface area contributed by atoms with Gasteiger partial charge < -0.3 is 5.32 Å². The van der Waals surface area contributed by atoms with Gasteiger partial charge in [-0.3, -0.25) is 4.79 Å². The van der Waals surface area contributed by atoms with Gasteiger partial charge in [0, 0.05) is 22.2 Å². The Hall–Kier alpha value is -3.77. The summed E-state index contributed by atoms with van der Waals surface area (Å²) in [5.41, 5.74) is 4.84. The van der Waals surface area contributed by atoms with Crippen LogP contribution in [0.1, 0.15) is 34.5 Å². The standard InChI is InChI=1S/C26H20N2O3S/c29-26(27-22-12-11-20-13-14-32(30,31)25(20)17-22)21-15-23(18-7-3-1-4-8-18)28-24(16-21)19-9-5-2-6-10-19/h1,3-5,7-17H,2,6H2,(H,27,29). The summed E-state index contributed by atoms with van der Waals surface area (Å²) in [5.74, 6) is -0.325. The quantitative estimate of drug-likeness (QED) is 0.582. The van der Waals surface area contributed by atoms with Crippen LogP contribution in [0.2, 0.25) is 0 Å². The smallest absolute Gasteiger partial charge is 0.255 e. The zero-order valence-corrected chi connectivity index (χ0v) is 18.0. The highest BCUT2D eigenvalue weighted by molar-refractivity contribution is 7.94. The number of hydrogen-bond acceptors (Lipinski definition) is 4. The molecule has 1 N–H and O–H groups in total. The van der Waals surface area contributed by atoms with Gasteiger partial charge in [-0.15, -0.1) is 0 Å². The number of carbonyl (C=O) groups excluding carboxylic acids is 1. The summed E-state index contributed by atoms with van der Waals surface area (Å²) in [6, 6.07) is 18.1. The zero-order valence-electron chi connectivity index (χ0n) is 17.2. The third kappa shape index (κ3) is 3.92. The van der Waals surface area contributed by atoms with Gasteiger partial charge in [0.05, 0.1) is 16.3 Å². The number of nitrogens with zero attached hydrogens (tertiary/aromatic N) is 1. The van der Waals surface area contributed by atoms with Crippen LogP contribution in [0.5, 0.6) is 0 Å². The van der Waals surface area contributed by atoms with Crippen LogP contribution >= 0.6 is 0 Å². The third-order valence-electron chi connectivity index (χ3n) is 5.45. The van der Waals surface area contributed by atoms with Crippen LogP contribution in [0.4, 0.5) is 5.69 Å². The Bertz CT molecular complexity index is 1420. The van der Waals surface area contributed by atoms with Crippen molar-refractivity contribution >= 4 is 33.1 Å². The largest absolute Gasteiger partial charge is 0.322 e. The van der Waals surface area contributed by atoms with E-state index in [0.29, 0.717) is 22.5 Å². The molecule has 6 heteroatoms. The summed E-state index contributed by atoms with van der Waals surface area (Å²) in [4.78, 5) is 18.2. The Balaban J connectivity index is 1.52. The SMILES string of the molecule is O=C(Nc1ccc2c(c1)S(=O)(=O)C=C2)c1cc(C2=CCCC=C2)nc(-c2ccccc2)c1. The molecule has 0 saturated heterocycles.